The van der Waals surface area contributed by atoms with Gasteiger partial charge in [0.05, 0.1) is 6.42 Å². The molecular formula is C18H23FN2O4. The molecule has 1 atom stereocenters. The Morgan fingerprint density at radius 1 is 1.16 bits per heavy atom. The van der Waals surface area contributed by atoms with Crippen LogP contribution >= 0.6 is 0 Å². The van der Waals surface area contributed by atoms with Crippen molar-refractivity contribution in [3.05, 3.63) is 35.6 Å². The zero-order chi connectivity index (χ0) is 18.2. The first kappa shape index (κ1) is 18.9. The fraction of sp³-hybridized carbons (Fsp3) is 0.500. The molecule has 3 amide bonds. The lowest BCUT2D eigenvalue weighted by Crippen LogP contribution is -2.48. The summed E-state index contributed by atoms with van der Waals surface area (Å²) < 4.78 is 17.8. The number of amides is 3. The Labute approximate surface area is 146 Å². The quantitative estimate of drug-likeness (QED) is 0.799. The molecule has 1 fully saturated rings. The topological polar surface area (TPSA) is 84.5 Å². The number of carbonyl (C=O) groups is 3. The Kier molecular flexibility index (Phi) is 6.91. The molecule has 2 N–H and O–H groups in total. The number of esters is 1. The summed E-state index contributed by atoms with van der Waals surface area (Å²) >= 11 is 0. The van der Waals surface area contributed by atoms with Crippen LogP contribution in [0, 0.1) is 5.82 Å². The highest BCUT2D eigenvalue weighted by Crippen LogP contribution is 2.17. The van der Waals surface area contributed by atoms with E-state index >= 15 is 0 Å². The van der Waals surface area contributed by atoms with Crippen LogP contribution in [0.4, 0.5) is 9.18 Å². The number of nitrogens with one attached hydrogen (secondary N) is 2. The van der Waals surface area contributed by atoms with Crippen LogP contribution in [-0.4, -0.2) is 30.1 Å². The fourth-order valence-electron chi connectivity index (χ4n) is 2.74. The van der Waals surface area contributed by atoms with Crippen molar-refractivity contribution < 1.29 is 23.5 Å². The van der Waals surface area contributed by atoms with Crippen molar-refractivity contribution in [2.75, 3.05) is 0 Å². The van der Waals surface area contributed by atoms with Crippen LogP contribution < -0.4 is 10.6 Å². The Morgan fingerprint density at radius 2 is 1.80 bits per heavy atom. The maximum absolute atomic E-state index is 12.8. The van der Waals surface area contributed by atoms with Crippen LogP contribution in [0.3, 0.4) is 0 Å². The summed E-state index contributed by atoms with van der Waals surface area (Å²) in [6, 6.07) is 4.94. The van der Waals surface area contributed by atoms with Gasteiger partial charge in [0.15, 0.2) is 6.10 Å². The number of rotatable bonds is 5. The second-order valence-electron chi connectivity index (χ2n) is 6.23. The number of carbonyl (C=O) groups excluding carboxylic acids is 3. The van der Waals surface area contributed by atoms with E-state index in [0.29, 0.717) is 5.56 Å². The molecule has 0 saturated heterocycles. The van der Waals surface area contributed by atoms with E-state index in [4.69, 9.17) is 4.74 Å². The Hall–Kier alpha value is -2.44. The monoisotopic (exact) mass is 350 g/mol. The van der Waals surface area contributed by atoms with E-state index < -0.39 is 29.8 Å². The summed E-state index contributed by atoms with van der Waals surface area (Å²) in [4.78, 5) is 35.6. The first-order chi connectivity index (χ1) is 11.9. The number of halogens is 1. The lowest BCUT2D eigenvalue weighted by atomic mass is 9.96. The van der Waals surface area contributed by atoms with Gasteiger partial charge in [-0.3, -0.25) is 14.9 Å². The zero-order valence-electron chi connectivity index (χ0n) is 14.2. The molecule has 0 heterocycles. The minimum Gasteiger partial charge on any atom is -0.452 e. The van der Waals surface area contributed by atoms with Crippen LogP contribution in [0.1, 0.15) is 44.6 Å². The van der Waals surface area contributed by atoms with Crippen molar-refractivity contribution >= 4 is 17.9 Å². The molecular weight excluding hydrogens is 327 g/mol. The summed E-state index contributed by atoms with van der Waals surface area (Å²) in [7, 11) is 0. The van der Waals surface area contributed by atoms with Crippen molar-refractivity contribution in [1.82, 2.24) is 10.6 Å². The average molecular weight is 350 g/mol. The van der Waals surface area contributed by atoms with Gasteiger partial charge in [-0.15, -0.1) is 0 Å². The highest BCUT2D eigenvalue weighted by Gasteiger charge is 2.22. The molecule has 6 nitrogen and oxygen atoms in total. The van der Waals surface area contributed by atoms with Crippen molar-refractivity contribution in [3.63, 3.8) is 0 Å². The number of hydrogen-bond acceptors (Lipinski definition) is 4. The molecule has 0 aromatic heterocycles. The molecule has 0 spiro atoms. The normalized spacial score (nSPS) is 15.9. The lowest BCUT2D eigenvalue weighted by Gasteiger charge is -2.23. The molecule has 136 valence electrons. The Balaban J connectivity index is 1.73. The average Bonchev–Trinajstić information content (AvgIpc) is 2.57. The van der Waals surface area contributed by atoms with Crippen LogP contribution in [-0.2, 0) is 20.7 Å². The second kappa shape index (κ2) is 9.15. The van der Waals surface area contributed by atoms with E-state index in [2.05, 4.69) is 10.6 Å². The molecule has 2 rings (SSSR count). The summed E-state index contributed by atoms with van der Waals surface area (Å²) in [6.07, 6.45) is 3.94. The van der Waals surface area contributed by atoms with E-state index in [1.165, 1.54) is 37.6 Å². The van der Waals surface area contributed by atoms with Crippen molar-refractivity contribution in [2.45, 2.75) is 57.6 Å². The third-order valence-corrected chi connectivity index (χ3v) is 4.12. The molecule has 1 aliphatic carbocycles. The molecule has 7 heteroatoms. The van der Waals surface area contributed by atoms with Crippen molar-refractivity contribution in [3.8, 4) is 0 Å². The SMILES string of the molecule is C[C@H](OC(=O)Cc1ccc(F)cc1)C(=O)NC(=O)NC1CCCCC1. The van der Waals surface area contributed by atoms with Gasteiger partial charge in [0, 0.05) is 6.04 Å². The van der Waals surface area contributed by atoms with E-state index in [-0.39, 0.29) is 12.5 Å². The highest BCUT2D eigenvalue weighted by atomic mass is 19.1. The zero-order valence-corrected chi connectivity index (χ0v) is 14.2. The van der Waals surface area contributed by atoms with Gasteiger partial charge in [-0.25, -0.2) is 9.18 Å². The standard InChI is InChI=1S/C18H23FN2O4/c1-12(25-16(22)11-13-7-9-14(19)10-8-13)17(23)21-18(24)20-15-5-3-2-4-6-15/h7-10,12,15H,2-6,11H2,1H3,(H2,20,21,23,24)/t12-/m0/s1. The third kappa shape index (κ3) is 6.52. The number of hydrogen-bond donors (Lipinski definition) is 2. The molecule has 25 heavy (non-hydrogen) atoms. The summed E-state index contributed by atoms with van der Waals surface area (Å²) in [5.74, 6) is -1.70. The first-order valence-corrected chi connectivity index (χ1v) is 8.49. The number of ether oxygens (including phenoxy) is 1. The molecule has 1 saturated carbocycles. The van der Waals surface area contributed by atoms with Crippen molar-refractivity contribution in [1.29, 1.82) is 0 Å². The molecule has 1 aromatic rings. The molecule has 0 bridgehead atoms. The minimum absolute atomic E-state index is 0.0772. The van der Waals surface area contributed by atoms with Gasteiger partial charge in [0.25, 0.3) is 5.91 Å². The van der Waals surface area contributed by atoms with Crippen LogP contribution in [0.25, 0.3) is 0 Å². The van der Waals surface area contributed by atoms with E-state index in [1.54, 1.807) is 0 Å². The van der Waals surface area contributed by atoms with E-state index in [1.807, 2.05) is 0 Å². The highest BCUT2D eigenvalue weighted by molar-refractivity contribution is 5.97. The van der Waals surface area contributed by atoms with Crippen molar-refractivity contribution in [2.24, 2.45) is 0 Å². The van der Waals surface area contributed by atoms with Crippen LogP contribution in [0.5, 0.6) is 0 Å². The van der Waals surface area contributed by atoms with E-state index in [9.17, 15) is 18.8 Å². The maximum atomic E-state index is 12.8. The molecule has 1 aromatic carbocycles. The van der Waals surface area contributed by atoms with Gasteiger partial charge in [0.2, 0.25) is 0 Å². The van der Waals surface area contributed by atoms with Gasteiger partial charge >= 0.3 is 12.0 Å². The largest absolute Gasteiger partial charge is 0.452 e. The first-order valence-electron chi connectivity index (χ1n) is 8.49. The second-order valence-corrected chi connectivity index (χ2v) is 6.23. The predicted molar refractivity (Wildman–Crippen MR) is 89.2 cm³/mol. The maximum Gasteiger partial charge on any atom is 0.321 e. The predicted octanol–water partition coefficient (Wildman–Crippen LogP) is 2.46. The summed E-state index contributed by atoms with van der Waals surface area (Å²) in [6.45, 7) is 1.39. The summed E-state index contributed by atoms with van der Waals surface area (Å²) in [5, 5.41) is 4.94. The van der Waals surface area contributed by atoms with Crippen LogP contribution in [0.2, 0.25) is 0 Å². The fourth-order valence-corrected chi connectivity index (χ4v) is 2.74. The molecule has 0 aliphatic heterocycles. The van der Waals surface area contributed by atoms with E-state index in [0.717, 1.165) is 25.7 Å². The number of imide groups is 1. The van der Waals surface area contributed by atoms with Crippen LogP contribution in [0.15, 0.2) is 24.3 Å². The van der Waals surface area contributed by atoms with Gasteiger partial charge in [-0.1, -0.05) is 31.4 Å². The van der Waals surface area contributed by atoms with Gasteiger partial charge in [-0.05, 0) is 37.5 Å². The molecule has 1 aliphatic rings. The molecule has 0 radical (unpaired) electrons. The van der Waals surface area contributed by atoms with Gasteiger partial charge in [-0.2, -0.15) is 0 Å². The smallest absolute Gasteiger partial charge is 0.321 e. The third-order valence-electron chi connectivity index (χ3n) is 4.12. The van der Waals surface area contributed by atoms with Gasteiger partial charge in [0.1, 0.15) is 5.82 Å². The Bertz CT molecular complexity index is 612. The number of urea groups is 1. The lowest BCUT2D eigenvalue weighted by molar-refractivity contribution is -0.153. The summed E-state index contributed by atoms with van der Waals surface area (Å²) in [5.41, 5.74) is 0.578. The minimum atomic E-state index is -1.09. The van der Waals surface area contributed by atoms with Gasteiger partial charge < -0.3 is 10.1 Å². The Morgan fingerprint density at radius 3 is 2.44 bits per heavy atom. The molecule has 0 unspecified atom stereocenters. The number of benzene rings is 1.